The Kier molecular flexibility index (Phi) is 5.21. The van der Waals surface area contributed by atoms with Crippen molar-refractivity contribution in [1.29, 1.82) is 0 Å². The maximum absolute atomic E-state index is 12.4. The zero-order valence-electron chi connectivity index (χ0n) is 12.6. The number of methoxy groups -OCH3 is 1. The van der Waals surface area contributed by atoms with Crippen LogP contribution in [0.2, 0.25) is 0 Å². The second-order valence-corrected chi connectivity index (χ2v) is 7.36. The Labute approximate surface area is 162 Å². The number of halogens is 2. The Balaban J connectivity index is 1.77. The lowest BCUT2D eigenvalue weighted by molar-refractivity contribution is -0.123. The number of rotatable bonds is 4. The number of carbonyl (C=O) groups is 3. The van der Waals surface area contributed by atoms with E-state index in [1.54, 1.807) is 6.07 Å². The normalized spacial score (nSPS) is 16.1. The lowest BCUT2D eigenvalue weighted by Crippen LogP contribution is -2.27. The molecule has 7 nitrogen and oxygen atoms in total. The van der Waals surface area contributed by atoms with Gasteiger partial charge in [-0.25, -0.2) is 4.79 Å². The number of imide groups is 1. The van der Waals surface area contributed by atoms with Crippen molar-refractivity contribution >= 4 is 66.8 Å². The van der Waals surface area contributed by atoms with Crippen LogP contribution in [0.1, 0.15) is 22.1 Å². The average Bonchev–Trinajstić information content (AvgIpc) is 3.23. The van der Waals surface area contributed by atoms with Crippen LogP contribution in [-0.4, -0.2) is 29.1 Å². The molecule has 3 rings (SSSR count). The number of nitrogens with zero attached hydrogens (tertiary/aromatic N) is 1. The van der Waals surface area contributed by atoms with E-state index in [1.165, 1.54) is 25.3 Å². The van der Waals surface area contributed by atoms with E-state index in [0.29, 0.717) is 20.7 Å². The van der Waals surface area contributed by atoms with E-state index in [-0.39, 0.29) is 17.2 Å². The van der Waals surface area contributed by atoms with Gasteiger partial charge in [0.2, 0.25) is 5.76 Å². The second-order valence-electron chi connectivity index (χ2n) is 4.80. The molecule has 1 saturated heterocycles. The summed E-state index contributed by atoms with van der Waals surface area (Å²) in [6.07, 6.45) is 1.49. The van der Waals surface area contributed by atoms with Gasteiger partial charge in [0.1, 0.15) is 11.5 Å². The van der Waals surface area contributed by atoms with Crippen molar-refractivity contribution in [2.24, 2.45) is 0 Å². The Bertz CT molecular complexity index is 880. The van der Waals surface area contributed by atoms with Crippen molar-refractivity contribution in [3.8, 4) is 0 Å². The van der Waals surface area contributed by atoms with Crippen LogP contribution in [0, 0.1) is 0 Å². The molecular weight excluding hydrogens is 482 g/mol. The Morgan fingerprint density at radius 2 is 2.08 bits per heavy atom. The molecule has 0 N–H and O–H groups in total. The molecule has 25 heavy (non-hydrogen) atoms. The van der Waals surface area contributed by atoms with Crippen molar-refractivity contribution in [1.82, 2.24) is 4.90 Å². The van der Waals surface area contributed by atoms with Crippen LogP contribution < -0.4 is 0 Å². The van der Waals surface area contributed by atoms with E-state index in [0.717, 1.165) is 16.7 Å². The van der Waals surface area contributed by atoms with Gasteiger partial charge in [0.25, 0.3) is 11.1 Å². The minimum Gasteiger partial charge on any atom is -0.463 e. The summed E-state index contributed by atoms with van der Waals surface area (Å²) in [5.74, 6) is -0.364. The van der Waals surface area contributed by atoms with Crippen LogP contribution in [0.5, 0.6) is 0 Å². The molecule has 2 aromatic rings. The first-order valence-electron chi connectivity index (χ1n) is 6.76. The molecular formula is C15H9Br2NO6S. The van der Waals surface area contributed by atoms with E-state index in [4.69, 9.17) is 8.83 Å². The Morgan fingerprint density at radius 3 is 2.72 bits per heavy atom. The second kappa shape index (κ2) is 7.22. The number of carbonyl (C=O) groups excluding carboxylic acids is 3. The largest absolute Gasteiger partial charge is 0.463 e. The molecule has 2 aromatic heterocycles. The van der Waals surface area contributed by atoms with Gasteiger partial charge in [0.15, 0.2) is 4.67 Å². The fourth-order valence-corrected chi connectivity index (χ4v) is 3.46. The van der Waals surface area contributed by atoms with E-state index in [9.17, 15) is 14.4 Å². The monoisotopic (exact) mass is 489 g/mol. The summed E-state index contributed by atoms with van der Waals surface area (Å²) in [5.41, 5.74) is 0. The van der Waals surface area contributed by atoms with Crippen molar-refractivity contribution in [2.45, 2.75) is 6.54 Å². The van der Waals surface area contributed by atoms with Gasteiger partial charge in [0, 0.05) is 6.08 Å². The first-order valence-corrected chi connectivity index (χ1v) is 9.16. The molecule has 2 amide bonds. The van der Waals surface area contributed by atoms with Crippen LogP contribution in [0.4, 0.5) is 4.79 Å². The van der Waals surface area contributed by atoms with Gasteiger partial charge in [-0.1, -0.05) is 0 Å². The summed E-state index contributed by atoms with van der Waals surface area (Å²) < 4.78 is 16.4. The molecule has 0 unspecified atom stereocenters. The highest BCUT2D eigenvalue weighted by molar-refractivity contribution is 9.13. The third-order valence-electron chi connectivity index (χ3n) is 3.17. The lowest BCUT2D eigenvalue weighted by atomic mass is 10.3. The van der Waals surface area contributed by atoms with Crippen molar-refractivity contribution in [3.05, 3.63) is 49.5 Å². The highest BCUT2D eigenvalue weighted by Crippen LogP contribution is 2.35. The molecule has 1 fully saturated rings. The van der Waals surface area contributed by atoms with Crippen molar-refractivity contribution in [3.63, 3.8) is 0 Å². The zero-order valence-corrected chi connectivity index (χ0v) is 16.6. The summed E-state index contributed by atoms with van der Waals surface area (Å²) >= 11 is 7.29. The van der Waals surface area contributed by atoms with Gasteiger partial charge in [-0.15, -0.1) is 0 Å². The molecule has 10 heteroatoms. The van der Waals surface area contributed by atoms with Gasteiger partial charge in [-0.3, -0.25) is 14.5 Å². The molecule has 0 spiro atoms. The number of furan rings is 2. The van der Waals surface area contributed by atoms with E-state index >= 15 is 0 Å². The van der Waals surface area contributed by atoms with Gasteiger partial charge < -0.3 is 13.6 Å². The number of hydrogen-bond acceptors (Lipinski definition) is 7. The molecule has 0 radical (unpaired) electrons. The molecule has 1 aliphatic heterocycles. The third kappa shape index (κ3) is 3.75. The highest BCUT2D eigenvalue weighted by Gasteiger charge is 2.36. The number of thioether (sulfide) groups is 1. The summed E-state index contributed by atoms with van der Waals surface area (Å²) in [6.45, 7) is -0.0788. The molecule has 1 aliphatic rings. The minimum absolute atomic E-state index is 0.00491. The van der Waals surface area contributed by atoms with Gasteiger partial charge in [0.05, 0.1) is 23.0 Å². The van der Waals surface area contributed by atoms with Gasteiger partial charge >= 0.3 is 5.97 Å². The average molecular weight is 491 g/mol. The third-order valence-corrected chi connectivity index (χ3v) is 5.79. The quantitative estimate of drug-likeness (QED) is 0.462. The molecule has 0 atom stereocenters. The summed E-state index contributed by atoms with van der Waals surface area (Å²) in [7, 11) is 1.23. The maximum Gasteiger partial charge on any atom is 0.373 e. The summed E-state index contributed by atoms with van der Waals surface area (Å²) in [5, 5.41) is -0.433. The van der Waals surface area contributed by atoms with Crippen LogP contribution in [0.25, 0.3) is 6.08 Å². The maximum atomic E-state index is 12.4. The van der Waals surface area contributed by atoms with Gasteiger partial charge in [-0.2, -0.15) is 0 Å². The minimum atomic E-state index is -0.630. The smallest absolute Gasteiger partial charge is 0.373 e. The van der Waals surface area contributed by atoms with E-state index < -0.39 is 17.1 Å². The number of ether oxygens (including phenoxy) is 1. The molecule has 3 heterocycles. The van der Waals surface area contributed by atoms with Crippen LogP contribution in [0.15, 0.2) is 41.1 Å². The summed E-state index contributed by atoms with van der Waals surface area (Å²) in [6, 6.07) is 4.61. The SMILES string of the molecule is COC(=O)c1ccc(CN2C(=O)S/C(=C/c3cc(Br)c(Br)o3)C2=O)o1. The topological polar surface area (TPSA) is 90.0 Å². The predicted octanol–water partition coefficient (Wildman–Crippen LogP) is 4.42. The Morgan fingerprint density at radius 1 is 1.32 bits per heavy atom. The van der Waals surface area contributed by atoms with Crippen LogP contribution in [-0.2, 0) is 16.1 Å². The fraction of sp³-hybridized carbons (Fsp3) is 0.133. The van der Waals surface area contributed by atoms with Crippen molar-refractivity contribution < 1.29 is 28.0 Å². The van der Waals surface area contributed by atoms with Crippen LogP contribution in [0.3, 0.4) is 0 Å². The fourth-order valence-electron chi connectivity index (χ4n) is 2.03. The molecule has 0 bridgehead atoms. The molecule has 0 aromatic carbocycles. The molecule has 0 aliphatic carbocycles. The summed E-state index contributed by atoms with van der Waals surface area (Å²) in [4.78, 5) is 37.2. The number of esters is 1. The zero-order chi connectivity index (χ0) is 18.1. The van der Waals surface area contributed by atoms with Gasteiger partial charge in [-0.05, 0) is 61.8 Å². The Hall–Kier alpha value is -1.78. The molecule has 0 saturated carbocycles. The standard InChI is InChI=1S/C15H9Br2NO6S/c1-22-14(20)10-3-2-7(23-10)6-18-13(19)11(25-15(18)21)5-8-4-9(16)12(17)24-8/h2-5H,6H2,1H3/b11-5+. The van der Waals surface area contributed by atoms with Crippen molar-refractivity contribution in [2.75, 3.05) is 7.11 Å². The highest BCUT2D eigenvalue weighted by atomic mass is 79.9. The first-order chi connectivity index (χ1) is 11.9. The number of amides is 2. The number of hydrogen-bond donors (Lipinski definition) is 0. The van der Waals surface area contributed by atoms with E-state index in [2.05, 4.69) is 36.6 Å². The molecule has 130 valence electrons. The first kappa shape index (κ1) is 18.0. The van der Waals surface area contributed by atoms with Crippen LogP contribution >= 0.6 is 43.6 Å². The van der Waals surface area contributed by atoms with E-state index in [1.807, 2.05) is 0 Å². The predicted molar refractivity (Wildman–Crippen MR) is 95.7 cm³/mol. The lowest BCUT2D eigenvalue weighted by Gasteiger charge is -2.09.